The number of amidine groups is 1. The second kappa shape index (κ2) is 3.89. The monoisotopic (exact) mass is 213 g/mol. The van der Waals surface area contributed by atoms with Crippen molar-refractivity contribution in [2.75, 3.05) is 5.75 Å². The summed E-state index contributed by atoms with van der Waals surface area (Å²) >= 11 is 3.01. The van der Waals surface area contributed by atoms with Gasteiger partial charge in [-0.25, -0.2) is 4.98 Å². The summed E-state index contributed by atoms with van der Waals surface area (Å²) in [5.74, 6) is 0.513. The average Bonchev–Trinajstić information content (AvgIpc) is 2.71. The van der Waals surface area contributed by atoms with E-state index in [1.807, 2.05) is 5.38 Å². The molecule has 1 aromatic heterocycles. The summed E-state index contributed by atoms with van der Waals surface area (Å²) in [7, 11) is 0. The highest BCUT2D eigenvalue weighted by Gasteiger charge is 2.15. The van der Waals surface area contributed by atoms with Crippen LogP contribution in [0.25, 0.3) is 0 Å². The number of nitrogens with zero attached hydrogens (tertiary/aromatic N) is 2. The van der Waals surface area contributed by atoms with E-state index in [1.165, 1.54) is 11.8 Å². The first-order chi connectivity index (χ1) is 6.34. The molecule has 0 radical (unpaired) electrons. The number of amides is 1. The average molecular weight is 213 g/mol. The Morgan fingerprint density at radius 1 is 1.69 bits per heavy atom. The van der Waals surface area contributed by atoms with Crippen molar-refractivity contribution in [1.82, 2.24) is 10.3 Å². The number of aromatic nitrogens is 1. The van der Waals surface area contributed by atoms with Crippen LogP contribution in [0.5, 0.6) is 0 Å². The van der Waals surface area contributed by atoms with E-state index < -0.39 is 0 Å². The highest BCUT2D eigenvalue weighted by Crippen LogP contribution is 2.11. The minimum Gasteiger partial charge on any atom is -0.305 e. The van der Waals surface area contributed by atoms with Crippen molar-refractivity contribution in [2.24, 2.45) is 4.99 Å². The normalized spacial score (nSPS) is 19.4. The molecule has 1 aromatic rings. The van der Waals surface area contributed by atoms with Crippen molar-refractivity contribution in [3.8, 4) is 0 Å². The quantitative estimate of drug-likeness (QED) is 0.792. The molecule has 0 atom stereocenters. The van der Waals surface area contributed by atoms with Crippen LogP contribution in [0, 0.1) is 0 Å². The van der Waals surface area contributed by atoms with Crippen molar-refractivity contribution < 1.29 is 4.79 Å². The molecule has 0 unspecified atom stereocenters. The first-order valence-electron chi connectivity index (χ1n) is 3.70. The molecule has 0 bridgehead atoms. The lowest BCUT2D eigenvalue weighted by Crippen LogP contribution is -2.20. The maximum Gasteiger partial charge on any atom is 0.236 e. The summed E-state index contributed by atoms with van der Waals surface area (Å²) in [5, 5.41) is 6.26. The van der Waals surface area contributed by atoms with Crippen LogP contribution in [0.2, 0.25) is 0 Å². The Kier molecular flexibility index (Phi) is 2.60. The summed E-state index contributed by atoms with van der Waals surface area (Å²) in [5.41, 5.74) is 0. The zero-order valence-corrected chi connectivity index (χ0v) is 8.32. The molecule has 13 heavy (non-hydrogen) atoms. The minimum absolute atomic E-state index is 0.0305. The van der Waals surface area contributed by atoms with Crippen LogP contribution >= 0.6 is 23.1 Å². The summed E-state index contributed by atoms with van der Waals surface area (Å²) in [6.45, 7) is 0.556. The van der Waals surface area contributed by atoms with Gasteiger partial charge in [0, 0.05) is 11.6 Å². The van der Waals surface area contributed by atoms with E-state index in [0.717, 1.165) is 5.01 Å². The van der Waals surface area contributed by atoms with Crippen LogP contribution < -0.4 is 5.32 Å². The number of carbonyl (C=O) groups is 1. The molecular formula is C7H7N3OS2. The van der Waals surface area contributed by atoms with Gasteiger partial charge in [-0.2, -0.15) is 0 Å². The third kappa shape index (κ3) is 2.28. The second-order valence-corrected chi connectivity index (χ2v) is 4.33. The highest BCUT2D eigenvalue weighted by atomic mass is 32.2. The first kappa shape index (κ1) is 8.71. The zero-order valence-electron chi connectivity index (χ0n) is 6.69. The van der Waals surface area contributed by atoms with E-state index in [2.05, 4.69) is 15.3 Å². The predicted molar refractivity (Wildman–Crippen MR) is 53.9 cm³/mol. The fourth-order valence-electron chi connectivity index (χ4n) is 0.881. The number of nitrogens with one attached hydrogen (secondary N) is 1. The van der Waals surface area contributed by atoms with E-state index in [1.54, 1.807) is 17.5 Å². The number of thiazole rings is 1. The Bertz CT molecular complexity index is 334. The molecule has 1 fully saturated rings. The van der Waals surface area contributed by atoms with Crippen LogP contribution in [0.3, 0.4) is 0 Å². The van der Waals surface area contributed by atoms with Crippen molar-refractivity contribution in [1.29, 1.82) is 0 Å². The Labute approximate surface area is 83.5 Å². The fraction of sp³-hybridized carbons (Fsp3) is 0.286. The number of carbonyl (C=O) groups excluding carboxylic acids is 1. The van der Waals surface area contributed by atoms with Crippen molar-refractivity contribution >= 4 is 34.2 Å². The van der Waals surface area contributed by atoms with Gasteiger partial charge in [0.2, 0.25) is 5.91 Å². The highest BCUT2D eigenvalue weighted by molar-refractivity contribution is 8.15. The van der Waals surface area contributed by atoms with Gasteiger partial charge in [-0.3, -0.25) is 9.79 Å². The molecule has 68 valence electrons. The van der Waals surface area contributed by atoms with Gasteiger partial charge in [0.15, 0.2) is 5.17 Å². The molecule has 1 aliphatic rings. The van der Waals surface area contributed by atoms with Crippen LogP contribution in [-0.2, 0) is 11.3 Å². The molecular weight excluding hydrogens is 206 g/mol. The molecule has 0 aromatic carbocycles. The summed E-state index contributed by atoms with van der Waals surface area (Å²) in [6, 6.07) is 0. The van der Waals surface area contributed by atoms with Gasteiger partial charge in [-0.15, -0.1) is 11.3 Å². The van der Waals surface area contributed by atoms with Crippen LogP contribution in [0.15, 0.2) is 16.6 Å². The Hall–Kier alpha value is -0.880. The third-order valence-electron chi connectivity index (χ3n) is 1.43. The molecule has 1 aliphatic heterocycles. The van der Waals surface area contributed by atoms with Gasteiger partial charge in [0.25, 0.3) is 0 Å². The Balaban J connectivity index is 1.94. The van der Waals surface area contributed by atoms with Gasteiger partial charge >= 0.3 is 0 Å². The van der Waals surface area contributed by atoms with Gasteiger partial charge in [0.05, 0.1) is 12.3 Å². The Morgan fingerprint density at radius 2 is 2.62 bits per heavy atom. The lowest BCUT2D eigenvalue weighted by molar-refractivity contribution is -0.116. The van der Waals surface area contributed by atoms with E-state index in [0.29, 0.717) is 17.5 Å². The predicted octanol–water partition coefficient (Wildman–Crippen LogP) is 0.862. The van der Waals surface area contributed by atoms with Crippen molar-refractivity contribution in [2.45, 2.75) is 6.54 Å². The number of hydrogen-bond acceptors (Lipinski definition) is 5. The summed E-state index contributed by atoms with van der Waals surface area (Å²) < 4.78 is 0. The topological polar surface area (TPSA) is 54.4 Å². The summed E-state index contributed by atoms with van der Waals surface area (Å²) in [4.78, 5) is 19.1. The molecule has 0 spiro atoms. The van der Waals surface area contributed by atoms with Crippen molar-refractivity contribution in [3.05, 3.63) is 16.6 Å². The molecule has 0 saturated carbocycles. The molecule has 1 N–H and O–H groups in total. The van der Waals surface area contributed by atoms with Crippen LogP contribution in [0.4, 0.5) is 0 Å². The molecule has 2 heterocycles. The maximum atomic E-state index is 10.8. The maximum absolute atomic E-state index is 10.8. The largest absolute Gasteiger partial charge is 0.305 e. The SMILES string of the molecule is O=C1CSC(=NCc2nccs2)N1. The Morgan fingerprint density at radius 3 is 3.23 bits per heavy atom. The van der Waals surface area contributed by atoms with Gasteiger partial charge < -0.3 is 5.32 Å². The van der Waals surface area contributed by atoms with E-state index in [4.69, 9.17) is 0 Å². The molecule has 0 aliphatic carbocycles. The number of thioether (sulfide) groups is 1. The smallest absolute Gasteiger partial charge is 0.236 e. The molecule has 4 nitrogen and oxygen atoms in total. The molecule has 1 amide bonds. The zero-order chi connectivity index (χ0) is 9.10. The van der Waals surface area contributed by atoms with E-state index in [-0.39, 0.29) is 5.91 Å². The molecule has 6 heteroatoms. The van der Waals surface area contributed by atoms with E-state index >= 15 is 0 Å². The summed E-state index contributed by atoms with van der Waals surface area (Å²) in [6.07, 6.45) is 1.75. The first-order valence-corrected chi connectivity index (χ1v) is 5.56. The van der Waals surface area contributed by atoms with Gasteiger partial charge in [0.1, 0.15) is 5.01 Å². The standard InChI is InChI=1S/C7H7N3OS2/c11-5-4-13-7(10-5)9-3-6-8-1-2-12-6/h1-2H,3-4H2,(H,9,10,11). The van der Waals surface area contributed by atoms with Crippen LogP contribution in [0.1, 0.15) is 5.01 Å². The van der Waals surface area contributed by atoms with E-state index in [9.17, 15) is 4.79 Å². The molecule has 2 rings (SSSR count). The minimum atomic E-state index is 0.0305. The second-order valence-electron chi connectivity index (χ2n) is 2.38. The third-order valence-corrected chi connectivity index (χ3v) is 3.10. The van der Waals surface area contributed by atoms with Crippen LogP contribution in [-0.4, -0.2) is 21.8 Å². The van der Waals surface area contributed by atoms with Crippen molar-refractivity contribution in [3.63, 3.8) is 0 Å². The lowest BCUT2D eigenvalue weighted by Gasteiger charge is -1.93. The number of hydrogen-bond donors (Lipinski definition) is 1. The number of aliphatic imine (C=N–C) groups is 1. The molecule has 1 saturated heterocycles. The lowest BCUT2D eigenvalue weighted by atomic mass is 10.7. The van der Waals surface area contributed by atoms with Gasteiger partial charge in [-0.05, 0) is 0 Å². The fourth-order valence-corrected chi connectivity index (χ4v) is 2.10. The van der Waals surface area contributed by atoms with Gasteiger partial charge in [-0.1, -0.05) is 11.8 Å². The number of rotatable bonds is 2.